The molecule has 0 spiro atoms. The number of rotatable bonds is 3. The Morgan fingerprint density at radius 3 is 2.50 bits per heavy atom. The van der Waals surface area contributed by atoms with Crippen molar-refractivity contribution in [2.75, 3.05) is 0 Å². The first-order valence-electron chi connectivity index (χ1n) is 5.96. The SMILES string of the molecule is C/C(=N\NC(=O)c1cccc(Br)c1)c1ccc(O)cc1. The summed E-state index contributed by atoms with van der Waals surface area (Å²) in [6.45, 7) is 1.79. The van der Waals surface area contributed by atoms with Crippen LogP contribution >= 0.6 is 15.9 Å². The van der Waals surface area contributed by atoms with Crippen molar-refractivity contribution >= 4 is 27.5 Å². The van der Waals surface area contributed by atoms with Crippen LogP contribution in [0.15, 0.2) is 58.1 Å². The molecule has 0 saturated carbocycles. The van der Waals surface area contributed by atoms with E-state index < -0.39 is 0 Å². The van der Waals surface area contributed by atoms with Crippen molar-refractivity contribution in [3.63, 3.8) is 0 Å². The van der Waals surface area contributed by atoms with Gasteiger partial charge in [0.15, 0.2) is 0 Å². The van der Waals surface area contributed by atoms with Crippen LogP contribution in [0.25, 0.3) is 0 Å². The highest BCUT2D eigenvalue weighted by Gasteiger charge is 2.05. The standard InChI is InChI=1S/C15H13BrN2O2/c1-10(11-5-7-14(19)8-6-11)17-18-15(20)12-3-2-4-13(16)9-12/h2-9,19H,1H3,(H,18,20)/b17-10+. The van der Waals surface area contributed by atoms with Gasteiger partial charge < -0.3 is 5.11 Å². The van der Waals surface area contributed by atoms with E-state index in [1.165, 1.54) is 0 Å². The van der Waals surface area contributed by atoms with Crippen LogP contribution in [-0.2, 0) is 0 Å². The molecule has 4 nitrogen and oxygen atoms in total. The van der Waals surface area contributed by atoms with E-state index >= 15 is 0 Å². The Morgan fingerprint density at radius 1 is 1.15 bits per heavy atom. The number of hydrazone groups is 1. The predicted molar refractivity (Wildman–Crippen MR) is 81.9 cm³/mol. The van der Waals surface area contributed by atoms with E-state index in [2.05, 4.69) is 26.5 Å². The third kappa shape index (κ3) is 3.68. The van der Waals surface area contributed by atoms with Gasteiger partial charge in [-0.2, -0.15) is 5.10 Å². The van der Waals surface area contributed by atoms with E-state index in [0.717, 1.165) is 10.0 Å². The number of phenols is 1. The summed E-state index contributed by atoms with van der Waals surface area (Å²) in [4.78, 5) is 11.9. The summed E-state index contributed by atoms with van der Waals surface area (Å²) in [6, 6.07) is 13.7. The van der Waals surface area contributed by atoms with Crippen molar-refractivity contribution in [1.29, 1.82) is 0 Å². The number of phenolic OH excluding ortho intramolecular Hbond substituents is 1. The molecule has 0 unspecified atom stereocenters. The summed E-state index contributed by atoms with van der Waals surface area (Å²) in [5.74, 6) is -0.0795. The molecule has 2 N–H and O–H groups in total. The van der Waals surface area contributed by atoms with Crippen LogP contribution in [-0.4, -0.2) is 16.7 Å². The molecule has 102 valence electrons. The van der Waals surface area contributed by atoms with E-state index in [9.17, 15) is 9.90 Å². The smallest absolute Gasteiger partial charge is 0.271 e. The maximum atomic E-state index is 11.9. The molecule has 0 atom stereocenters. The Labute approximate surface area is 125 Å². The van der Waals surface area contributed by atoms with Gasteiger partial charge in [-0.3, -0.25) is 4.79 Å². The molecule has 0 aliphatic carbocycles. The summed E-state index contributed by atoms with van der Waals surface area (Å²) < 4.78 is 0.837. The van der Waals surface area contributed by atoms with Gasteiger partial charge in [0.2, 0.25) is 0 Å². The fraction of sp³-hybridized carbons (Fsp3) is 0.0667. The Kier molecular flexibility index (Phi) is 4.53. The molecule has 0 aromatic heterocycles. The summed E-state index contributed by atoms with van der Waals surface area (Å²) >= 11 is 3.31. The average Bonchev–Trinajstić information content (AvgIpc) is 2.45. The van der Waals surface area contributed by atoms with Crippen LogP contribution in [0.3, 0.4) is 0 Å². The summed E-state index contributed by atoms with van der Waals surface area (Å²) in [6.07, 6.45) is 0. The van der Waals surface area contributed by atoms with Gasteiger partial charge in [-0.25, -0.2) is 5.43 Å². The van der Waals surface area contributed by atoms with Crippen molar-refractivity contribution < 1.29 is 9.90 Å². The minimum atomic E-state index is -0.274. The molecule has 0 saturated heterocycles. The number of aromatic hydroxyl groups is 1. The number of hydrogen-bond donors (Lipinski definition) is 2. The van der Waals surface area contributed by atoms with Crippen molar-refractivity contribution in [3.8, 4) is 5.75 Å². The molecule has 0 aliphatic rings. The van der Waals surface area contributed by atoms with Crippen LogP contribution < -0.4 is 5.43 Å². The van der Waals surface area contributed by atoms with Gasteiger partial charge in [0.25, 0.3) is 5.91 Å². The third-order valence-corrected chi connectivity index (χ3v) is 3.19. The average molecular weight is 333 g/mol. The first-order chi connectivity index (χ1) is 9.56. The summed E-state index contributed by atoms with van der Waals surface area (Å²) in [7, 11) is 0. The molecule has 2 aromatic rings. The zero-order chi connectivity index (χ0) is 14.5. The normalized spacial score (nSPS) is 11.2. The molecule has 2 aromatic carbocycles. The quantitative estimate of drug-likeness (QED) is 0.669. The third-order valence-electron chi connectivity index (χ3n) is 2.70. The molecular formula is C15H13BrN2O2. The van der Waals surface area contributed by atoms with Crippen molar-refractivity contribution in [1.82, 2.24) is 5.43 Å². The lowest BCUT2D eigenvalue weighted by Crippen LogP contribution is -2.19. The maximum absolute atomic E-state index is 11.9. The van der Waals surface area contributed by atoms with Crippen LogP contribution in [0.1, 0.15) is 22.8 Å². The topological polar surface area (TPSA) is 61.7 Å². The minimum Gasteiger partial charge on any atom is -0.508 e. The van der Waals surface area contributed by atoms with Crippen molar-refractivity contribution in [2.45, 2.75) is 6.92 Å². The monoisotopic (exact) mass is 332 g/mol. The molecule has 0 heterocycles. The van der Waals surface area contributed by atoms with Gasteiger partial charge >= 0.3 is 0 Å². The Balaban J connectivity index is 2.08. The van der Waals surface area contributed by atoms with Gasteiger partial charge in [-0.15, -0.1) is 0 Å². The fourth-order valence-corrected chi connectivity index (χ4v) is 2.00. The Hall–Kier alpha value is -2.14. The molecule has 20 heavy (non-hydrogen) atoms. The lowest BCUT2D eigenvalue weighted by atomic mass is 10.1. The number of carbonyl (C=O) groups is 1. The van der Waals surface area contributed by atoms with Crippen LogP contribution in [0, 0.1) is 0 Å². The summed E-state index contributed by atoms with van der Waals surface area (Å²) in [5.41, 5.74) is 4.53. The van der Waals surface area contributed by atoms with Gasteiger partial charge in [-0.05, 0) is 55.0 Å². The number of halogens is 1. The molecule has 5 heteroatoms. The summed E-state index contributed by atoms with van der Waals surface area (Å²) in [5, 5.41) is 13.3. The van der Waals surface area contributed by atoms with Crippen molar-refractivity contribution in [3.05, 3.63) is 64.1 Å². The highest BCUT2D eigenvalue weighted by Crippen LogP contribution is 2.12. The van der Waals surface area contributed by atoms with E-state index in [1.807, 2.05) is 6.07 Å². The first-order valence-corrected chi connectivity index (χ1v) is 6.75. The molecule has 0 radical (unpaired) electrons. The van der Waals surface area contributed by atoms with Crippen molar-refractivity contribution in [2.24, 2.45) is 5.10 Å². The maximum Gasteiger partial charge on any atom is 0.271 e. The molecule has 2 rings (SSSR count). The van der Waals surface area contributed by atoms with Crippen LogP contribution in [0.4, 0.5) is 0 Å². The van der Waals surface area contributed by atoms with Gasteiger partial charge in [0.1, 0.15) is 5.75 Å². The van der Waals surface area contributed by atoms with Gasteiger partial charge in [0, 0.05) is 10.0 Å². The molecule has 0 aliphatic heterocycles. The van der Waals surface area contributed by atoms with Crippen LogP contribution in [0.5, 0.6) is 5.75 Å². The highest BCUT2D eigenvalue weighted by atomic mass is 79.9. The van der Waals surface area contributed by atoms with E-state index in [4.69, 9.17) is 0 Å². The molecule has 0 fully saturated rings. The zero-order valence-electron chi connectivity index (χ0n) is 10.8. The molecular weight excluding hydrogens is 320 g/mol. The number of carbonyl (C=O) groups excluding carboxylic acids is 1. The lowest BCUT2D eigenvalue weighted by molar-refractivity contribution is 0.0955. The Morgan fingerprint density at radius 2 is 1.85 bits per heavy atom. The second-order valence-corrected chi connectivity index (χ2v) is 5.11. The van der Waals surface area contributed by atoms with E-state index in [0.29, 0.717) is 11.3 Å². The second kappa shape index (κ2) is 6.34. The van der Waals surface area contributed by atoms with Gasteiger partial charge in [-0.1, -0.05) is 22.0 Å². The van der Waals surface area contributed by atoms with Gasteiger partial charge in [0.05, 0.1) is 5.71 Å². The number of hydrogen-bond acceptors (Lipinski definition) is 3. The first kappa shape index (κ1) is 14.3. The largest absolute Gasteiger partial charge is 0.508 e. The zero-order valence-corrected chi connectivity index (χ0v) is 12.4. The fourth-order valence-electron chi connectivity index (χ4n) is 1.60. The minimum absolute atomic E-state index is 0.194. The molecule has 0 bridgehead atoms. The number of amides is 1. The molecule has 1 amide bonds. The number of nitrogens with zero attached hydrogens (tertiary/aromatic N) is 1. The Bertz CT molecular complexity index is 651. The van der Waals surface area contributed by atoms with E-state index in [1.54, 1.807) is 49.4 Å². The number of nitrogens with one attached hydrogen (secondary N) is 1. The number of benzene rings is 2. The second-order valence-electron chi connectivity index (χ2n) is 4.20. The predicted octanol–water partition coefficient (Wildman–Crippen LogP) is 3.31. The van der Waals surface area contributed by atoms with E-state index in [-0.39, 0.29) is 11.7 Å². The highest BCUT2D eigenvalue weighted by molar-refractivity contribution is 9.10. The lowest BCUT2D eigenvalue weighted by Gasteiger charge is -2.03. The van der Waals surface area contributed by atoms with Crippen LogP contribution in [0.2, 0.25) is 0 Å².